The third-order valence-electron chi connectivity index (χ3n) is 3.09. The summed E-state index contributed by atoms with van der Waals surface area (Å²) in [5, 5.41) is 12.2. The lowest BCUT2D eigenvalue weighted by atomic mass is 9.88. The van der Waals surface area contributed by atoms with Crippen molar-refractivity contribution < 1.29 is 9.84 Å². The van der Waals surface area contributed by atoms with Crippen LogP contribution in [0.1, 0.15) is 40.0 Å². The maximum atomic E-state index is 8.90. The van der Waals surface area contributed by atoms with Crippen molar-refractivity contribution in [1.82, 2.24) is 4.98 Å². The van der Waals surface area contributed by atoms with Crippen molar-refractivity contribution in [3.05, 3.63) is 12.1 Å². The largest absolute Gasteiger partial charge is 0.476 e. The second-order valence-corrected chi connectivity index (χ2v) is 5.78. The van der Waals surface area contributed by atoms with Gasteiger partial charge in [0.15, 0.2) is 0 Å². The highest BCUT2D eigenvalue weighted by molar-refractivity contribution is 5.53. The van der Waals surface area contributed by atoms with Crippen LogP contribution in [0.25, 0.3) is 0 Å². The highest BCUT2D eigenvalue weighted by atomic mass is 16.5. The maximum absolute atomic E-state index is 8.90. The maximum Gasteiger partial charge on any atom is 0.239 e. The van der Waals surface area contributed by atoms with Crippen LogP contribution in [0.3, 0.4) is 0 Å². The van der Waals surface area contributed by atoms with E-state index in [0.29, 0.717) is 18.2 Å². The Bertz CT molecular complexity index is 408. The number of hydrogen-bond acceptors (Lipinski definition) is 5. The summed E-state index contributed by atoms with van der Waals surface area (Å²) < 4.78 is 5.51. The number of aromatic nitrogens is 1. The van der Waals surface area contributed by atoms with Gasteiger partial charge in [-0.3, -0.25) is 0 Å². The van der Waals surface area contributed by atoms with Crippen molar-refractivity contribution in [1.29, 1.82) is 0 Å². The molecule has 0 radical (unpaired) electrons. The Hall–Kier alpha value is -1.49. The number of ether oxygens (including phenoxy) is 1. The van der Waals surface area contributed by atoms with Gasteiger partial charge in [0.05, 0.1) is 12.3 Å². The quantitative estimate of drug-likeness (QED) is 0.648. The topological polar surface area (TPSA) is 80.4 Å². The van der Waals surface area contributed by atoms with E-state index in [2.05, 4.69) is 24.1 Å². The molecule has 0 aliphatic carbocycles. The first-order chi connectivity index (χ1) is 9.48. The number of nitrogens with two attached hydrogens (primary N) is 1. The van der Waals surface area contributed by atoms with Gasteiger partial charge in [0.1, 0.15) is 5.82 Å². The minimum atomic E-state index is 0.107. The van der Waals surface area contributed by atoms with Gasteiger partial charge in [0.2, 0.25) is 5.88 Å². The van der Waals surface area contributed by atoms with Crippen molar-refractivity contribution >= 4 is 11.5 Å². The number of rotatable bonds is 9. The van der Waals surface area contributed by atoms with E-state index < -0.39 is 0 Å². The molecule has 0 aliphatic heterocycles. The van der Waals surface area contributed by atoms with Crippen molar-refractivity contribution in [2.75, 3.05) is 30.8 Å². The standard InChI is InChI=1S/C15H27N3O2/c1-4-10-20-14-12(16)6-7-13(18-14)17-11-15(2,3)8-5-9-19/h6-7,19H,4-5,8-11,16H2,1-3H3,(H,17,18). The van der Waals surface area contributed by atoms with Crippen LogP contribution >= 0.6 is 0 Å². The Labute approximate surface area is 121 Å². The second kappa shape index (κ2) is 7.94. The van der Waals surface area contributed by atoms with E-state index in [1.807, 2.05) is 13.0 Å². The van der Waals surface area contributed by atoms with Gasteiger partial charge in [-0.15, -0.1) is 0 Å². The van der Waals surface area contributed by atoms with Gasteiger partial charge >= 0.3 is 0 Å². The van der Waals surface area contributed by atoms with E-state index in [-0.39, 0.29) is 12.0 Å². The molecule has 1 rings (SSSR count). The molecule has 0 fully saturated rings. The first-order valence-electron chi connectivity index (χ1n) is 7.22. The average molecular weight is 281 g/mol. The number of anilines is 2. The molecule has 0 bridgehead atoms. The average Bonchev–Trinajstić information content (AvgIpc) is 2.43. The first kappa shape index (κ1) is 16.6. The monoisotopic (exact) mass is 281 g/mol. The Kier molecular flexibility index (Phi) is 6.58. The third kappa shape index (κ3) is 5.65. The van der Waals surface area contributed by atoms with Crippen LogP contribution in [0.15, 0.2) is 12.1 Å². The summed E-state index contributed by atoms with van der Waals surface area (Å²) in [5.41, 5.74) is 6.50. The Morgan fingerprint density at radius 2 is 2.15 bits per heavy atom. The van der Waals surface area contributed by atoms with Crippen LogP contribution in [0.5, 0.6) is 5.88 Å². The van der Waals surface area contributed by atoms with Crippen molar-refractivity contribution in [3.63, 3.8) is 0 Å². The van der Waals surface area contributed by atoms with E-state index in [4.69, 9.17) is 15.6 Å². The molecule has 4 N–H and O–H groups in total. The highest BCUT2D eigenvalue weighted by Crippen LogP contribution is 2.25. The van der Waals surface area contributed by atoms with Crippen LogP contribution in [0.4, 0.5) is 11.5 Å². The molecule has 0 spiro atoms. The number of aliphatic hydroxyl groups excluding tert-OH is 1. The van der Waals surface area contributed by atoms with Gasteiger partial charge in [0, 0.05) is 13.2 Å². The summed E-state index contributed by atoms with van der Waals surface area (Å²) in [5.74, 6) is 1.26. The summed E-state index contributed by atoms with van der Waals surface area (Å²) in [4.78, 5) is 4.39. The molecule has 5 heteroatoms. The molecule has 0 atom stereocenters. The summed E-state index contributed by atoms with van der Waals surface area (Å²) in [6, 6.07) is 3.66. The molecular formula is C15H27N3O2. The summed E-state index contributed by atoms with van der Waals surface area (Å²) in [7, 11) is 0. The smallest absolute Gasteiger partial charge is 0.239 e. The minimum Gasteiger partial charge on any atom is -0.476 e. The van der Waals surface area contributed by atoms with Gasteiger partial charge in [-0.2, -0.15) is 4.98 Å². The molecule has 1 heterocycles. The van der Waals surface area contributed by atoms with Crippen LogP contribution in [-0.2, 0) is 0 Å². The zero-order valence-electron chi connectivity index (χ0n) is 12.8. The van der Waals surface area contributed by atoms with E-state index in [1.54, 1.807) is 6.07 Å². The Morgan fingerprint density at radius 1 is 1.40 bits per heavy atom. The fourth-order valence-corrected chi connectivity index (χ4v) is 1.84. The molecule has 0 saturated heterocycles. The van der Waals surface area contributed by atoms with E-state index >= 15 is 0 Å². The number of pyridine rings is 1. The molecule has 114 valence electrons. The lowest BCUT2D eigenvalue weighted by Crippen LogP contribution is -2.24. The molecular weight excluding hydrogens is 254 g/mol. The Balaban J connectivity index is 2.59. The second-order valence-electron chi connectivity index (χ2n) is 5.78. The third-order valence-corrected chi connectivity index (χ3v) is 3.09. The first-order valence-corrected chi connectivity index (χ1v) is 7.22. The molecule has 0 unspecified atom stereocenters. The van der Waals surface area contributed by atoms with Gasteiger partial charge in [-0.25, -0.2) is 0 Å². The van der Waals surface area contributed by atoms with Crippen LogP contribution < -0.4 is 15.8 Å². The SMILES string of the molecule is CCCOc1nc(NCC(C)(C)CCCO)ccc1N. The normalized spacial score (nSPS) is 11.4. The molecule has 1 aromatic rings. The summed E-state index contributed by atoms with van der Waals surface area (Å²) in [6.07, 6.45) is 2.70. The van der Waals surface area contributed by atoms with Crippen molar-refractivity contribution in [2.24, 2.45) is 5.41 Å². The highest BCUT2D eigenvalue weighted by Gasteiger charge is 2.17. The summed E-state index contributed by atoms with van der Waals surface area (Å²) in [6.45, 7) is 8.02. The fraction of sp³-hybridized carbons (Fsp3) is 0.667. The van der Waals surface area contributed by atoms with Gasteiger partial charge in [-0.05, 0) is 36.8 Å². The number of nitrogens with one attached hydrogen (secondary N) is 1. The van der Waals surface area contributed by atoms with Crippen LogP contribution in [0, 0.1) is 5.41 Å². The van der Waals surface area contributed by atoms with Crippen molar-refractivity contribution in [3.8, 4) is 5.88 Å². The number of nitrogen functional groups attached to an aromatic ring is 1. The van der Waals surface area contributed by atoms with E-state index in [9.17, 15) is 0 Å². The Morgan fingerprint density at radius 3 is 2.80 bits per heavy atom. The van der Waals surface area contributed by atoms with Crippen LogP contribution in [-0.4, -0.2) is 29.8 Å². The van der Waals surface area contributed by atoms with Crippen LogP contribution in [0.2, 0.25) is 0 Å². The molecule has 5 nitrogen and oxygen atoms in total. The zero-order chi connectivity index (χ0) is 15.0. The lowest BCUT2D eigenvalue weighted by Gasteiger charge is -2.25. The van der Waals surface area contributed by atoms with E-state index in [1.165, 1.54) is 0 Å². The molecule has 0 amide bonds. The van der Waals surface area contributed by atoms with Crippen molar-refractivity contribution in [2.45, 2.75) is 40.0 Å². The van der Waals surface area contributed by atoms with Gasteiger partial charge < -0.3 is 20.9 Å². The minimum absolute atomic E-state index is 0.107. The predicted octanol–water partition coefficient (Wildman–Crippen LogP) is 2.66. The molecule has 0 aliphatic rings. The van der Waals surface area contributed by atoms with E-state index in [0.717, 1.165) is 31.6 Å². The predicted molar refractivity (Wildman–Crippen MR) is 83.0 cm³/mol. The zero-order valence-corrected chi connectivity index (χ0v) is 12.8. The van der Waals surface area contributed by atoms with Gasteiger partial charge in [0.25, 0.3) is 0 Å². The number of aliphatic hydroxyl groups is 1. The fourth-order valence-electron chi connectivity index (χ4n) is 1.84. The number of hydrogen-bond donors (Lipinski definition) is 3. The summed E-state index contributed by atoms with van der Waals surface area (Å²) >= 11 is 0. The molecule has 20 heavy (non-hydrogen) atoms. The number of nitrogens with zero attached hydrogens (tertiary/aromatic N) is 1. The van der Waals surface area contributed by atoms with Gasteiger partial charge in [-0.1, -0.05) is 20.8 Å². The molecule has 0 aromatic carbocycles. The lowest BCUT2D eigenvalue weighted by molar-refractivity contribution is 0.247. The molecule has 1 aromatic heterocycles. The molecule has 0 saturated carbocycles.